The largest absolute Gasteiger partial charge is 0.479 e. The number of hydrogen-bond donors (Lipinski definition) is 1. The van der Waals surface area contributed by atoms with Gasteiger partial charge in [-0.1, -0.05) is 32.4 Å². The average molecular weight is 236 g/mol. The molecule has 1 N–H and O–H groups in total. The highest BCUT2D eigenvalue weighted by Gasteiger charge is 2.13. The molecule has 17 heavy (non-hydrogen) atoms. The van der Waals surface area contributed by atoms with Gasteiger partial charge in [-0.25, -0.2) is 4.79 Å². The van der Waals surface area contributed by atoms with Crippen molar-refractivity contribution in [1.82, 2.24) is 0 Å². The van der Waals surface area contributed by atoms with Gasteiger partial charge in [0, 0.05) is 0 Å². The van der Waals surface area contributed by atoms with Gasteiger partial charge in [0.1, 0.15) is 5.75 Å². The summed E-state index contributed by atoms with van der Waals surface area (Å²) in [5.41, 5.74) is 1.20. The van der Waals surface area contributed by atoms with E-state index in [0.717, 1.165) is 12.8 Å². The average Bonchev–Trinajstić information content (AvgIpc) is 2.29. The molecule has 0 fully saturated rings. The van der Waals surface area contributed by atoms with Crippen LogP contribution in [0.3, 0.4) is 0 Å². The van der Waals surface area contributed by atoms with Crippen molar-refractivity contribution in [2.75, 3.05) is 0 Å². The van der Waals surface area contributed by atoms with Crippen molar-refractivity contribution in [3.05, 3.63) is 29.8 Å². The molecule has 0 radical (unpaired) electrons. The van der Waals surface area contributed by atoms with Crippen LogP contribution in [0.2, 0.25) is 0 Å². The summed E-state index contributed by atoms with van der Waals surface area (Å²) in [5.74, 6) is 0.154. The number of carboxylic acid groups (broad SMARTS) is 1. The smallest absolute Gasteiger partial charge is 0.344 e. The lowest BCUT2D eigenvalue weighted by Gasteiger charge is -2.14. The summed E-state index contributed by atoms with van der Waals surface area (Å²) in [7, 11) is 0. The van der Waals surface area contributed by atoms with Crippen LogP contribution >= 0.6 is 0 Å². The van der Waals surface area contributed by atoms with Crippen LogP contribution in [0.4, 0.5) is 0 Å². The van der Waals surface area contributed by atoms with Gasteiger partial charge in [0.15, 0.2) is 6.10 Å². The summed E-state index contributed by atoms with van der Waals surface area (Å²) < 4.78 is 5.35. The SMILES string of the molecule is CCCC(C)c1cccc(OC(C)C(=O)O)c1. The number of aliphatic carboxylic acids is 1. The maximum atomic E-state index is 10.7. The lowest BCUT2D eigenvalue weighted by molar-refractivity contribution is -0.144. The Hall–Kier alpha value is -1.51. The van der Waals surface area contributed by atoms with E-state index in [0.29, 0.717) is 11.7 Å². The van der Waals surface area contributed by atoms with Crippen LogP contribution in [0.1, 0.15) is 45.1 Å². The van der Waals surface area contributed by atoms with Crippen LogP contribution < -0.4 is 4.74 Å². The minimum absolute atomic E-state index is 0.476. The Kier molecular flexibility index (Phi) is 5.01. The van der Waals surface area contributed by atoms with Gasteiger partial charge in [-0.2, -0.15) is 0 Å². The van der Waals surface area contributed by atoms with E-state index in [1.807, 2.05) is 12.1 Å². The highest BCUT2D eigenvalue weighted by atomic mass is 16.5. The van der Waals surface area contributed by atoms with Crippen LogP contribution in [0.5, 0.6) is 5.75 Å². The zero-order valence-corrected chi connectivity index (χ0v) is 10.6. The molecule has 1 aromatic rings. The van der Waals surface area contributed by atoms with E-state index in [-0.39, 0.29) is 0 Å². The van der Waals surface area contributed by atoms with Crippen molar-refractivity contribution >= 4 is 5.97 Å². The number of carboxylic acids is 1. The summed E-state index contributed by atoms with van der Waals surface area (Å²) in [5, 5.41) is 8.78. The van der Waals surface area contributed by atoms with Gasteiger partial charge in [-0.05, 0) is 37.0 Å². The van der Waals surface area contributed by atoms with Gasteiger partial charge in [0.2, 0.25) is 0 Å². The lowest BCUT2D eigenvalue weighted by atomic mass is 9.96. The molecule has 3 heteroatoms. The summed E-state index contributed by atoms with van der Waals surface area (Å²) >= 11 is 0. The molecule has 0 saturated carbocycles. The molecule has 0 aliphatic carbocycles. The maximum Gasteiger partial charge on any atom is 0.344 e. The first-order valence-electron chi connectivity index (χ1n) is 6.04. The van der Waals surface area contributed by atoms with Crippen molar-refractivity contribution in [2.45, 2.75) is 45.6 Å². The van der Waals surface area contributed by atoms with Crippen molar-refractivity contribution in [3.8, 4) is 5.75 Å². The molecule has 0 spiro atoms. The standard InChI is InChI=1S/C14H20O3/c1-4-6-10(2)12-7-5-8-13(9-12)17-11(3)14(15)16/h5,7-11H,4,6H2,1-3H3,(H,15,16). The van der Waals surface area contributed by atoms with Gasteiger partial charge in [-0.15, -0.1) is 0 Å². The van der Waals surface area contributed by atoms with E-state index >= 15 is 0 Å². The molecule has 0 aliphatic heterocycles. The lowest BCUT2D eigenvalue weighted by Crippen LogP contribution is -2.22. The zero-order valence-electron chi connectivity index (χ0n) is 10.6. The summed E-state index contributed by atoms with van der Waals surface area (Å²) in [6.07, 6.45) is 1.45. The van der Waals surface area contributed by atoms with Gasteiger partial charge in [0.05, 0.1) is 0 Å². The quantitative estimate of drug-likeness (QED) is 0.823. The fourth-order valence-electron chi connectivity index (χ4n) is 1.75. The minimum Gasteiger partial charge on any atom is -0.479 e. The molecule has 1 aromatic carbocycles. The van der Waals surface area contributed by atoms with Gasteiger partial charge < -0.3 is 9.84 Å². The van der Waals surface area contributed by atoms with Crippen LogP contribution in [0.15, 0.2) is 24.3 Å². The van der Waals surface area contributed by atoms with Crippen molar-refractivity contribution in [2.24, 2.45) is 0 Å². The summed E-state index contributed by atoms with van der Waals surface area (Å²) in [4.78, 5) is 10.7. The van der Waals surface area contributed by atoms with Crippen LogP contribution in [-0.4, -0.2) is 17.2 Å². The number of hydrogen-bond acceptors (Lipinski definition) is 2. The summed E-state index contributed by atoms with van der Waals surface area (Å²) in [6, 6.07) is 7.69. The topological polar surface area (TPSA) is 46.5 Å². The van der Waals surface area contributed by atoms with Gasteiger partial charge in [0.25, 0.3) is 0 Å². The van der Waals surface area contributed by atoms with E-state index in [1.54, 1.807) is 6.07 Å². The molecule has 0 heterocycles. The Balaban J connectivity index is 2.75. The number of benzene rings is 1. The Morgan fingerprint density at radius 3 is 2.71 bits per heavy atom. The Labute approximate surface area is 102 Å². The Morgan fingerprint density at radius 1 is 1.41 bits per heavy atom. The highest BCUT2D eigenvalue weighted by molar-refractivity contribution is 5.72. The van der Waals surface area contributed by atoms with Crippen LogP contribution in [0, 0.1) is 0 Å². The first-order valence-corrected chi connectivity index (χ1v) is 6.04. The van der Waals surface area contributed by atoms with Crippen molar-refractivity contribution in [1.29, 1.82) is 0 Å². The van der Waals surface area contributed by atoms with Crippen molar-refractivity contribution < 1.29 is 14.6 Å². The van der Waals surface area contributed by atoms with Crippen LogP contribution in [-0.2, 0) is 4.79 Å². The van der Waals surface area contributed by atoms with Crippen LogP contribution in [0.25, 0.3) is 0 Å². The molecule has 94 valence electrons. The first kappa shape index (κ1) is 13.6. The molecular weight excluding hydrogens is 216 g/mol. The third-order valence-corrected chi connectivity index (χ3v) is 2.81. The fourth-order valence-corrected chi connectivity index (χ4v) is 1.75. The number of rotatable bonds is 6. The second-order valence-electron chi connectivity index (χ2n) is 4.36. The fraction of sp³-hybridized carbons (Fsp3) is 0.500. The van der Waals surface area contributed by atoms with E-state index in [2.05, 4.69) is 19.9 Å². The minimum atomic E-state index is -0.947. The summed E-state index contributed by atoms with van der Waals surface area (Å²) in [6.45, 7) is 5.86. The molecule has 2 unspecified atom stereocenters. The molecule has 3 nitrogen and oxygen atoms in total. The van der Waals surface area contributed by atoms with E-state index < -0.39 is 12.1 Å². The Morgan fingerprint density at radius 2 is 2.12 bits per heavy atom. The molecule has 0 aliphatic rings. The molecule has 2 atom stereocenters. The third-order valence-electron chi connectivity index (χ3n) is 2.81. The van der Waals surface area contributed by atoms with Gasteiger partial charge >= 0.3 is 5.97 Å². The second-order valence-corrected chi connectivity index (χ2v) is 4.36. The van der Waals surface area contributed by atoms with Crippen molar-refractivity contribution in [3.63, 3.8) is 0 Å². The number of ether oxygens (including phenoxy) is 1. The maximum absolute atomic E-state index is 10.7. The number of carbonyl (C=O) groups is 1. The monoisotopic (exact) mass is 236 g/mol. The molecular formula is C14H20O3. The molecule has 1 rings (SSSR count). The first-order chi connectivity index (χ1) is 8.04. The second kappa shape index (κ2) is 6.28. The van der Waals surface area contributed by atoms with E-state index in [4.69, 9.17) is 9.84 Å². The molecule has 0 amide bonds. The zero-order chi connectivity index (χ0) is 12.8. The Bertz CT molecular complexity index is 373. The predicted molar refractivity (Wildman–Crippen MR) is 67.5 cm³/mol. The molecule has 0 bridgehead atoms. The predicted octanol–water partition coefficient (Wildman–Crippen LogP) is 3.44. The highest BCUT2D eigenvalue weighted by Crippen LogP contribution is 2.24. The van der Waals surface area contributed by atoms with Gasteiger partial charge in [-0.3, -0.25) is 0 Å². The van der Waals surface area contributed by atoms with E-state index in [1.165, 1.54) is 12.5 Å². The third kappa shape index (κ3) is 4.10. The molecule has 0 aromatic heterocycles. The molecule has 0 saturated heterocycles. The van der Waals surface area contributed by atoms with E-state index in [9.17, 15) is 4.79 Å². The normalized spacial score (nSPS) is 14.1.